The first-order valence-electron chi connectivity index (χ1n) is 4.12. The molecule has 0 bridgehead atoms. The quantitative estimate of drug-likeness (QED) is 0.812. The zero-order valence-corrected chi connectivity index (χ0v) is 8.12. The van der Waals surface area contributed by atoms with Gasteiger partial charge < -0.3 is 4.98 Å². The summed E-state index contributed by atoms with van der Waals surface area (Å²) >= 11 is 1.41. The van der Waals surface area contributed by atoms with E-state index in [0.717, 1.165) is 4.90 Å². The van der Waals surface area contributed by atoms with E-state index >= 15 is 0 Å². The van der Waals surface area contributed by atoms with Gasteiger partial charge in [0, 0.05) is 11.1 Å². The van der Waals surface area contributed by atoms with Crippen LogP contribution < -0.4 is 5.56 Å². The molecule has 0 atom stereocenters. The van der Waals surface area contributed by atoms with Gasteiger partial charge in [0.25, 0.3) is 5.56 Å². The van der Waals surface area contributed by atoms with E-state index in [1.54, 1.807) is 6.20 Å². The van der Waals surface area contributed by atoms with Crippen molar-refractivity contribution in [3.05, 3.63) is 53.2 Å². The Morgan fingerprint density at radius 2 is 2.00 bits per heavy atom. The molecular weight excluding hydrogens is 196 g/mol. The van der Waals surface area contributed by atoms with Crippen molar-refractivity contribution in [2.75, 3.05) is 0 Å². The predicted molar refractivity (Wildman–Crippen MR) is 55.4 cm³/mol. The van der Waals surface area contributed by atoms with E-state index in [1.165, 1.54) is 18.1 Å². The largest absolute Gasteiger partial charge is 0.312 e. The zero-order chi connectivity index (χ0) is 9.80. The molecule has 1 aromatic heterocycles. The van der Waals surface area contributed by atoms with Crippen LogP contribution in [0.1, 0.15) is 0 Å². The van der Waals surface area contributed by atoms with Crippen LogP contribution in [0.2, 0.25) is 0 Å². The molecule has 1 N–H and O–H groups in total. The van der Waals surface area contributed by atoms with Crippen molar-refractivity contribution in [1.29, 1.82) is 0 Å². The Hall–Kier alpha value is -1.55. The lowest BCUT2D eigenvalue weighted by Crippen LogP contribution is -2.07. The number of benzene rings is 1. The third-order valence-electron chi connectivity index (χ3n) is 1.66. The molecule has 3 nitrogen and oxygen atoms in total. The molecule has 0 aliphatic carbocycles. The van der Waals surface area contributed by atoms with Crippen molar-refractivity contribution in [1.82, 2.24) is 9.97 Å². The number of nitrogens with one attached hydrogen (secondary N) is 1. The Morgan fingerprint density at radius 3 is 2.71 bits per heavy atom. The van der Waals surface area contributed by atoms with E-state index in [-0.39, 0.29) is 5.56 Å². The van der Waals surface area contributed by atoms with E-state index in [2.05, 4.69) is 9.97 Å². The lowest BCUT2D eigenvalue weighted by Gasteiger charge is -1.98. The van der Waals surface area contributed by atoms with Crippen molar-refractivity contribution in [2.45, 2.75) is 9.79 Å². The number of hydrogen-bond donors (Lipinski definition) is 1. The SMILES string of the molecule is O=c1[nH]cncc1Sc1ccccc1. The van der Waals surface area contributed by atoms with Crippen LogP contribution in [-0.2, 0) is 0 Å². The first-order chi connectivity index (χ1) is 6.86. The Balaban J connectivity index is 2.28. The Kier molecular flexibility index (Phi) is 2.65. The number of H-pyrrole nitrogens is 1. The van der Waals surface area contributed by atoms with Gasteiger partial charge in [0.1, 0.15) is 0 Å². The fourth-order valence-electron chi connectivity index (χ4n) is 1.02. The standard InChI is InChI=1S/C10H8N2OS/c13-10-9(6-11-7-12-10)14-8-4-2-1-3-5-8/h1-7H,(H,11,12,13). The fourth-order valence-corrected chi connectivity index (χ4v) is 1.83. The summed E-state index contributed by atoms with van der Waals surface area (Å²) < 4.78 is 0. The second kappa shape index (κ2) is 4.11. The van der Waals surface area contributed by atoms with Gasteiger partial charge in [0.15, 0.2) is 0 Å². The highest BCUT2D eigenvalue weighted by molar-refractivity contribution is 7.99. The van der Waals surface area contributed by atoms with Crippen LogP contribution in [0.25, 0.3) is 0 Å². The van der Waals surface area contributed by atoms with Gasteiger partial charge >= 0.3 is 0 Å². The fraction of sp³-hybridized carbons (Fsp3) is 0. The minimum Gasteiger partial charge on any atom is -0.312 e. The van der Waals surface area contributed by atoms with Crippen LogP contribution in [0.15, 0.2) is 57.4 Å². The topological polar surface area (TPSA) is 45.8 Å². The molecule has 1 heterocycles. The molecule has 70 valence electrons. The van der Waals surface area contributed by atoms with E-state index < -0.39 is 0 Å². The van der Waals surface area contributed by atoms with Gasteiger partial charge in [-0.2, -0.15) is 0 Å². The molecular formula is C10H8N2OS. The summed E-state index contributed by atoms with van der Waals surface area (Å²) in [6.45, 7) is 0. The predicted octanol–water partition coefficient (Wildman–Crippen LogP) is 1.92. The molecule has 0 unspecified atom stereocenters. The molecule has 0 saturated carbocycles. The number of aromatic amines is 1. The van der Waals surface area contributed by atoms with Crippen molar-refractivity contribution in [2.24, 2.45) is 0 Å². The van der Waals surface area contributed by atoms with Crippen molar-refractivity contribution in [3.63, 3.8) is 0 Å². The maximum atomic E-state index is 11.3. The normalized spacial score (nSPS) is 10.0. The van der Waals surface area contributed by atoms with Crippen LogP contribution in [0.5, 0.6) is 0 Å². The monoisotopic (exact) mass is 204 g/mol. The molecule has 0 amide bonds. The summed E-state index contributed by atoms with van der Waals surface area (Å²) in [5, 5.41) is 0. The third kappa shape index (κ3) is 2.03. The summed E-state index contributed by atoms with van der Waals surface area (Å²) in [4.78, 5) is 19.3. The van der Waals surface area contributed by atoms with E-state index in [1.807, 2.05) is 30.3 Å². The van der Waals surface area contributed by atoms with Crippen LogP contribution in [0.3, 0.4) is 0 Å². The molecule has 0 aliphatic heterocycles. The Bertz CT molecular complexity index is 467. The minimum atomic E-state index is -0.103. The molecule has 0 fully saturated rings. The second-order valence-electron chi connectivity index (χ2n) is 2.66. The summed E-state index contributed by atoms with van der Waals surface area (Å²) in [6, 6.07) is 9.73. The molecule has 4 heteroatoms. The molecule has 1 aromatic carbocycles. The number of rotatable bonds is 2. The highest BCUT2D eigenvalue weighted by Crippen LogP contribution is 2.22. The zero-order valence-electron chi connectivity index (χ0n) is 7.31. The van der Waals surface area contributed by atoms with Crippen molar-refractivity contribution >= 4 is 11.8 Å². The Morgan fingerprint density at radius 1 is 1.21 bits per heavy atom. The van der Waals surface area contributed by atoms with Crippen LogP contribution in [0.4, 0.5) is 0 Å². The van der Waals surface area contributed by atoms with E-state index in [4.69, 9.17) is 0 Å². The summed E-state index contributed by atoms with van der Waals surface area (Å²) in [5.41, 5.74) is -0.103. The Labute approximate surface area is 85.2 Å². The van der Waals surface area contributed by atoms with Crippen molar-refractivity contribution < 1.29 is 0 Å². The average molecular weight is 204 g/mol. The van der Waals surface area contributed by atoms with Gasteiger partial charge in [-0.05, 0) is 12.1 Å². The van der Waals surface area contributed by atoms with Gasteiger partial charge in [0.05, 0.1) is 11.2 Å². The van der Waals surface area contributed by atoms with Crippen LogP contribution in [-0.4, -0.2) is 9.97 Å². The third-order valence-corrected chi connectivity index (χ3v) is 2.68. The second-order valence-corrected chi connectivity index (χ2v) is 3.78. The summed E-state index contributed by atoms with van der Waals surface area (Å²) in [7, 11) is 0. The van der Waals surface area contributed by atoms with E-state index in [0.29, 0.717) is 4.90 Å². The van der Waals surface area contributed by atoms with Gasteiger partial charge in [-0.25, -0.2) is 4.98 Å². The van der Waals surface area contributed by atoms with Crippen LogP contribution >= 0.6 is 11.8 Å². The van der Waals surface area contributed by atoms with Gasteiger partial charge in [-0.3, -0.25) is 4.79 Å². The van der Waals surface area contributed by atoms with Gasteiger partial charge in [-0.15, -0.1) is 0 Å². The molecule has 0 spiro atoms. The van der Waals surface area contributed by atoms with Crippen LogP contribution in [0, 0.1) is 0 Å². The molecule has 0 aliphatic rings. The summed E-state index contributed by atoms with van der Waals surface area (Å²) in [6.07, 6.45) is 2.95. The highest BCUT2D eigenvalue weighted by atomic mass is 32.2. The van der Waals surface area contributed by atoms with E-state index in [9.17, 15) is 4.79 Å². The molecule has 0 saturated heterocycles. The lowest BCUT2D eigenvalue weighted by atomic mass is 10.4. The highest BCUT2D eigenvalue weighted by Gasteiger charge is 2.00. The first-order valence-corrected chi connectivity index (χ1v) is 4.93. The number of nitrogens with zero attached hydrogens (tertiary/aromatic N) is 1. The van der Waals surface area contributed by atoms with Gasteiger partial charge in [0.2, 0.25) is 0 Å². The average Bonchev–Trinajstić information content (AvgIpc) is 2.23. The first kappa shape index (κ1) is 9.02. The maximum Gasteiger partial charge on any atom is 0.264 e. The van der Waals surface area contributed by atoms with Gasteiger partial charge in [-0.1, -0.05) is 30.0 Å². The molecule has 14 heavy (non-hydrogen) atoms. The number of hydrogen-bond acceptors (Lipinski definition) is 3. The maximum absolute atomic E-state index is 11.3. The summed E-state index contributed by atoms with van der Waals surface area (Å²) in [5.74, 6) is 0. The lowest BCUT2D eigenvalue weighted by molar-refractivity contribution is 1.04. The number of aromatic nitrogens is 2. The molecule has 2 aromatic rings. The molecule has 0 radical (unpaired) electrons. The smallest absolute Gasteiger partial charge is 0.264 e. The van der Waals surface area contributed by atoms with Crippen molar-refractivity contribution in [3.8, 4) is 0 Å². The minimum absolute atomic E-state index is 0.103. The molecule has 2 rings (SSSR count).